The predicted molar refractivity (Wildman–Crippen MR) is 77.7 cm³/mol. The summed E-state index contributed by atoms with van der Waals surface area (Å²) >= 11 is 4.99. The summed E-state index contributed by atoms with van der Waals surface area (Å²) in [6.07, 6.45) is 0. The van der Waals surface area contributed by atoms with Crippen molar-refractivity contribution in [2.24, 2.45) is 0 Å². The number of halogens is 1. The Morgan fingerprint density at radius 1 is 1.50 bits per heavy atom. The maximum atomic E-state index is 9.11. The van der Waals surface area contributed by atoms with Crippen LogP contribution in [0.2, 0.25) is 0 Å². The Labute approximate surface area is 119 Å². The van der Waals surface area contributed by atoms with Crippen molar-refractivity contribution in [2.75, 3.05) is 5.32 Å². The molecule has 0 amide bonds. The van der Waals surface area contributed by atoms with Gasteiger partial charge in [0.2, 0.25) is 0 Å². The molecule has 0 radical (unpaired) electrons. The molecular formula is C13H12BrN3S. The van der Waals surface area contributed by atoms with Crippen molar-refractivity contribution in [1.29, 1.82) is 5.26 Å². The van der Waals surface area contributed by atoms with E-state index in [4.69, 9.17) is 5.26 Å². The minimum atomic E-state index is 0.0863. The number of thiazole rings is 1. The highest BCUT2D eigenvalue weighted by Gasteiger charge is 2.11. The molecule has 0 aliphatic rings. The van der Waals surface area contributed by atoms with Crippen LogP contribution in [0.25, 0.3) is 0 Å². The van der Waals surface area contributed by atoms with Gasteiger partial charge in [-0.1, -0.05) is 15.9 Å². The lowest BCUT2D eigenvalue weighted by Gasteiger charge is -2.14. The molecular weight excluding hydrogens is 310 g/mol. The van der Waals surface area contributed by atoms with Gasteiger partial charge in [0, 0.05) is 9.85 Å². The second kappa shape index (κ2) is 5.51. The van der Waals surface area contributed by atoms with E-state index >= 15 is 0 Å². The summed E-state index contributed by atoms with van der Waals surface area (Å²) in [5.74, 6) is 0. The Morgan fingerprint density at radius 2 is 2.28 bits per heavy atom. The molecule has 0 saturated heterocycles. The van der Waals surface area contributed by atoms with E-state index in [-0.39, 0.29) is 6.04 Å². The first-order valence-corrected chi connectivity index (χ1v) is 7.15. The first-order valence-electron chi connectivity index (χ1n) is 5.48. The van der Waals surface area contributed by atoms with Gasteiger partial charge in [-0.3, -0.25) is 0 Å². The summed E-state index contributed by atoms with van der Waals surface area (Å²) in [4.78, 5) is 4.44. The van der Waals surface area contributed by atoms with E-state index in [1.165, 1.54) is 0 Å². The first kappa shape index (κ1) is 13.1. The van der Waals surface area contributed by atoms with Crippen LogP contribution in [0.15, 0.2) is 28.1 Å². The summed E-state index contributed by atoms with van der Waals surface area (Å²) in [5, 5.41) is 15.5. The van der Waals surface area contributed by atoms with Crippen molar-refractivity contribution in [3.63, 3.8) is 0 Å². The highest BCUT2D eigenvalue weighted by Crippen LogP contribution is 2.25. The van der Waals surface area contributed by atoms with E-state index in [1.807, 2.05) is 31.4 Å². The van der Waals surface area contributed by atoms with Crippen LogP contribution in [0.1, 0.15) is 29.2 Å². The molecule has 1 unspecified atom stereocenters. The standard InChI is InChI=1S/C13H12BrN3S/c1-8(13-7-18-9(2)17-13)16-12-4-3-11(14)5-10(12)6-15/h3-5,7-8,16H,1-2H3. The summed E-state index contributed by atoms with van der Waals surface area (Å²) < 4.78 is 0.904. The Kier molecular flexibility index (Phi) is 4.00. The van der Waals surface area contributed by atoms with Crippen LogP contribution in [0, 0.1) is 18.3 Å². The zero-order chi connectivity index (χ0) is 13.1. The fourth-order valence-corrected chi connectivity index (χ4v) is 2.69. The van der Waals surface area contributed by atoms with Crippen molar-refractivity contribution in [1.82, 2.24) is 4.98 Å². The molecule has 5 heteroatoms. The van der Waals surface area contributed by atoms with Gasteiger partial charge in [-0.2, -0.15) is 5.26 Å². The number of aryl methyl sites for hydroxylation is 1. The fraction of sp³-hybridized carbons (Fsp3) is 0.231. The lowest BCUT2D eigenvalue weighted by Crippen LogP contribution is -2.08. The molecule has 0 aliphatic carbocycles. The van der Waals surface area contributed by atoms with Gasteiger partial charge in [0.05, 0.1) is 28.0 Å². The summed E-state index contributed by atoms with van der Waals surface area (Å²) in [5.41, 5.74) is 2.46. The molecule has 2 rings (SSSR count). The van der Waals surface area contributed by atoms with Crippen LogP contribution in [0.5, 0.6) is 0 Å². The molecule has 2 aromatic rings. The highest BCUT2D eigenvalue weighted by atomic mass is 79.9. The topological polar surface area (TPSA) is 48.7 Å². The molecule has 18 heavy (non-hydrogen) atoms. The molecule has 1 N–H and O–H groups in total. The first-order chi connectivity index (χ1) is 8.60. The highest BCUT2D eigenvalue weighted by molar-refractivity contribution is 9.10. The molecule has 0 spiro atoms. The van der Waals surface area contributed by atoms with E-state index < -0.39 is 0 Å². The van der Waals surface area contributed by atoms with Gasteiger partial charge in [-0.15, -0.1) is 11.3 Å². The van der Waals surface area contributed by atoms with Crippen molar-refractivity contribution >= 4 is 33.0 Å². The Morgan fingerprint density at radius 3 is 2.89 bits per heavy atom. The second-order valence-electron chi connectivity index (χ2n) is 3.96. The fourth-order valence-electron chi connectivity index (χ4n) is 1.62. The summed E-state index contributed by atoms with van der Waals surface area (Å²) in [6, 6.07) is 7.90. The minimum absolute atomic E-state index is 0.0863. The smallest absolute Gasteiger partial charge is 0.101 e. The molecule has 1 atom stereocenters. The number of aromatic nitrogens is 1. The molecule has 1 aromatic heterocycles. The van der Waals surface area contributed by atoms with E-state index in [9.17, 15) is 0 Å². The van der Waals surface area contributed by atoms with Crippen LogP contribution in [-0.4, -0.2) is 4.98 Å². The molecule has 0 bridgehead atoms. The van der Waals surface area contributed by atoms with Crippen molar-refractivity contribution < 1.29 is 0 Å². The molecule has 0 saturated carbocycles. The number of rotatable bonds is 3. The maximum absolute atomic E-state index is 9.11. The number of nitrogens with one attached hydrogen (secondary N) is 1. The van der Waals surface area contributed by atoms with Crippen LogP contribution in [0.4, 0.5) is 5.69 Å². The Hall–Kier alpha value is -1.38. The van der Waals surface area contributed by atoms with Crippen molar-refractivity contribution in [3.8, 4) is 6.07 Å². The number of nitriles is 1. The monoisotopic (exact) mass is 321 g/mol. The Bertz CT molecular complexity index is 601. The van der Waals surface area contributed by atoms with E-state index in [0.29, 0.717) is 5.56 Å². The van der Waals surface area contributed by atoms with Gasteiger partial charge < -0.3 is 5.32 Å². The van der Waals surface area contributed by atoms with Gasteiger partial charge >= 0.3 is 0 Å². The average Bonchev–Trinajstić information content (AvgIpc) is 2.78. The van der Waals surface area contributed by atoms with Crippen molar-refractivity contribution in [3.05, 3.63) is 44.3 Å². The molecule has 3 nitrogen and oxygen atoms in total. The van der Waals surface area contributed by atoms with Gasteiger partial charge in [-0.25, -0.2) is 4.98 Å². The third kappa shape index (κ3) is 2.89. The molecule has 0 aliphatic heterocycles. The van der Waals surface area contributed by atoms with Gasteiger partial charge in [-0.05, 0) is 32.0 Å². The van der Waals surface area contributed by atoms with Crippen LogP contribution in [-0.2, 0) is 0 Å². The average molecular weight is 322 g/mol. The minimum Gasteiger partial charge on any atom is -0.376 e. The SMILES string of the molecule is Cc1nc(C(C)Nc2ccc(Br)cc2C#N)cs1. The number of hydrogen-bond acceptors (Lipinski definition) is 4. The van der Waals surface area contributed by atoms with Crippen LogP contribution < -0.4 is 5.32 Å². The van der Waals surface area contributed by atoms with Gasteiger partial charge in [0.1, 0.15) is 6.07 Å². The number of nitrogens with zero attached hydrogens (tertiary/aromatic N) is 2. The molecule has 1 aromatic carbocycles. The lowest BCUT2D eigenvalue weighted by atomic mass is 10.1. The zero-order valence-corrected chi connectivity index (χ0v) is 12.5. The summed E-state index contributed by atoms with van der Waals surface area (Å²) in [7, 11) is 0. The maximum Gasteiger partial charge on any atom is 0.101 e. The van der Waals surface area contributed by atoms with Crippen molar-refractivity contribution in [2.45, 2.75) is 19.9 Å². The van der Waals surface area contributed by atoms with Gasteiger partial charge in [0.15, 0.2) is 0 Å². The number of hydrogen-bond donors (Lipinski definition) is 1. The lowest BCUT2D eigenvalue weighted by molar-refractivity contribution is 0.845. The number of benzene rings is 1. The third-order valence-corrected chi connectivity index (χ3v) is 3.84. The Balaban J connectivity index is 2.22. The van der Waals surface area contributed by atoms with Crippen LogP contribution >= 0.6 is 27.3 Å². The second-order valence-corrected chi connectivity index (χ2v) is 5.94. The third-order valence-electron chi connectivity index (χ3n) is 2.55. The molecule has 92 valence electrons. The van der Waals surface area contributed by atoms with Gasteiger partial charge in [0.25, 0.3) is 0 Å². The van der Waals surface area contributed by atoms with E-state index in [1.54, 1.807) is 17.4 Å². The van der Waals surface area contributed by atoms with E-state index in [2.05, 4.69) is 32.3 Å². The normalized spacial score (nSPS) is 11.9. The molecule has 1 heterocycles. The zero-order valence-electron chi connectivity index (χ0n) is 10.1. The molecule has 0 fully saturated rings. The quantitative estimate of drug-likeness (QED) is 0.918. The largest absolute Gasteiger partial charge is 0.376 e. The number of anilines is 1. The van der Waals surface area contributed by atoms with E-state index in [0.717, 1.165) is 20.9 Å². The predicted octanol–water partition coefficient (Wildman–Crippen LogP) is 4.26. The van der Waals surface area contributed by atoms with Crippen LogP contribution in [0.3, 0.4) is 0 Å². The summed E-state index contributed by atoms with van der Waals surface area (Å²) in [6.45, 7) is 4.03.